The number of unbranched alkanes of at least 4 members (excludes halogenated alkanes) is 1. The largest absolute Gasteiger partial charge is 0.504 e. The van der Waals surface area contributed by atoms with Gasteiger partial charge in [0, 0.05) is 17.6 Å². The molecule has 0 radical (unpaired) electrons. The molecule has 0 unspecified atom stereocenters. The van der Waals surface area contributed by atoms with Gasteiger partial charge in [-0.3, -0.25) is 9.59 Å². The van der Waals surface area contributed by atoms with Crippen LogP contribution in [0.2, 0.25) is 0 Å². The van der Waals surface area contributed by atoms with E-state index in [1.165, 1.54) is 19.6 Å². The number of carbonyl (C=O) groups is 3. The zero-order valence-corrected chi connectivity index (χ0v) is 21.0. The number of Topliss-reactive ketones (excluding diaryl/α,β-unsaturated/α-hetero) is 3. The molecule has 3 aliphatic rings. The molecule has 0 aromatic rings. The second-order valence-electron chi connectivity index (χ2n) is 11.0. The molecule has 5 nitrogen and oxygen atoms in total. The summed E-state index contributed by atoms with van der Waals surface area (Å²) in [6.45, 7) is 12.7. The molecule has 0 aromatic carbocycles. The normalized spacial score (nSPS) is 32.8. The van der Waals surface area contributed by atoms with Crippen LogP contribution in [0.1, 0.15) is 91.9 Å². The molecule has 182 valence electrons. The van der Waals surface area contributed by atoms with Crippen molar-refractivity contribution in [3.63, 3.8) is 0 Å². The molecule has 2 saturated carbocycles. The van der Waals surface area contributed by atoms with E-state index < -0.39 is 11.5 Å². The first-order chi connectivity index (χ1) is 15.5. The van der Waals surface area contributed by atoms with Gasteiger partial charge in [0.2, 0.25) is 11.6 Å². The number of hydrogen-bond donors (Lipinski definition) is 1. The van der Waals surface area contributed by atoms with Gasteiger partial charge in [0.15, 0.2) is 11.5 Å². The molecule has 2 fully saturated rings. The fourth-order valence-electron chi connectivity index (χ4n) is 6.69. The molecule has 4 atom stereocenters. The third kappa shape index (κ3) is 4.48. The Morgan fingerprint density at radius 1 is 1.15 bits per heavy atom. The highest BCUT2D eigenvalue weighted by Crippen LogP contribution is 2.63. The second kappa shape index (κ2) is 9.60. The predicted molar refractivity (Wildman–Crippen MR) is 129 cm³/mol. The Hall–Kier alpha value is -2.17. The predicted octanol–water partition coefficient (Wildman–Crippen LogP) is 6.19. The van der Waals surface area contributed by atoms with E-state index in [2.05, 4.69) is 27.4 Å². The molecular weight excluding hydrogens is 416 g/mol. The number of aliphatic hydroxyl groups excluding tert-OH is 1. The summed E-state index contributed by atoms with van der Waals surface area (Å²) in [4.78, 5) is 37.8. The maximum atomic E-state index is 13.5. The van der Waals surface area contributed by atoms with Crippen LogP contribution in [0.4, 0.5) is 0 Å². The quantitative estimate of drug-likeness (QED) is 0.268. The van der Waals surface area contributed by atoms with Gasteiger partial charge in [0.1, 0.15) is 5.78 Å². The number of rotatable bonds is 8. The van der Waals surface area contributed by atoms with E-state index in [9.17, 15) is 19.5 Å². The van der Waals surface area contributed by atoms with Crippen LogP contribution in [0.3, 0.4) is 0 Å². The van der Waals surface area contributed by atoms with Crippen molar-refractivity contribution in [1.29, 1.82) is 0 Å². The summed E-state index contributed by atoms with van der Waals surface area (Å²) in [6.07, 6.45) is 7.67. The first-order valence-corrected chi connectivity index (χ1v) is 12.4. The average Bonchev–Trinajstić information content (AvgIpc) is 2.76. The van der Waals surface area contributed by atoms with Crippen LogP contribution in [0.15, 0.2) is 34.8 Å². The van der Waals surface area contributed by atoms with Gasteiger partial charge in [-0.15, -0.1) is 0 Å². The van der Waals surface area contributed by atoms with Gasteiger partial charge in [0.25, 0.3) is 0 Å². The van der Waals surface area contributed by atoms with E-state index in [0.29, 0.717) is 43.9 Å². The van der Waals surface area contributed by atoms with Crippen LogP contribution in [-0.4, -0.2) is 29.6 Å². The fourth-order valence-corrected chi connectivity index (χ4v) is 6.69. The molecule has 3 rings (SSSR count). The van der Waals surface area contributed by atoms with Crippen LogP contribution in [-0.2, 0) is 19.1 Å². The highest BCUT2D eigenvalue weighted by atomic mass is 16.5. The molecular formula is C28H40O5. The van der Waals surface area contributed by atoms with E-state index in [1.807, 2.05) is 0 Å². The lowest BCUT2D eigenvalue weighted by Crippen LogP contribution is -2.51. The Morgan fingerprint density at radius 3 is 2.48 bits per heavy atom. The molecule has 0 spiro atoms. The summed E-state index contributed by atoms with van der Waals surface area (Å²) in [5.74, 6) is -0.442. The number of ether oxygens (including phenoxy) is 1. The molecule has 0 aromatic heterocycles. The number of allylic oxidation sites excluding steroid dienone is 3. The average molecular weight is 457 g/mol. The van der Waals surface area contributed by atoms with Crippen LogP contribution >= 0.6 is 0 Å². The van der Waals surface area contributed by atoms with Gasteiger partial charge in [-0.05, 0) is 87.4 Å². The van der Waals surface area contributed by atoms with Crippen molar-refractivity contribution in [2.75, 3.05) is 7.11 Å². The van der Waals surface area contributed by atoms with Gasteiger partial charge >= 0.3 is 0 Å². The zero-order valence-electron chi connectivity index (χ0n) is 21.0. The van der Waals surface area contributed by atoms with Gasteiger partial charge in [-0.25, -0.2) is 0 Å². The highest BCUT2D eigenvalue weighted by molar-refractivity contribution is 6.23. The number of aliphatic hydroxyl groups is 1. The minimum Gasteiger partial charge on any atom is -0.504 e. The molecule has 0 saturated heterocycles. The van der Waals surface area contributed by atoms with E-state index in [0.717, 1.165) is 32.1 Å². The maximum absolute atomic E-state index is 13.5. The van der Waals surface area contributed by atoms with Crippen LogP contribution in [0.5, 0.6) is 0 Å². The van der Waals surface area contributed by atoms with Crippen molar-refractivity contribution in [3.8, 4) is 0 Å². The zero-order chi connectivity index (χ0) is 24.6. The Morgan fingerprint density at radius 2 is 1.85 bits per heavy atom. The third-order valence-corrected chi connectivity index (χ3v) is 9.06. The molecule has 0 bridgehead atoms. The topological polar surface area (TPSA) is 80.7 Å². The van der Waals surface area contributed by atoms with Crippen molar-refractivity contribution in [1.82, 2.24) is 0 Å². The number of methoxy groups -OCH3 is 1. The summed E-state index contributed by atoms with van der Waals surface area (Å²) in [7, 11) is 1.41. The Labute approximate surface area is 198 Å². The number of ketones is 3. The highest BCUT2D eigenvalue weighted by Gasteiger charge is 2.55. The smallest absolute Gasteiger partial charge is 0.227 e. The Kier molecular flexibility index (Phi) is 7.40. The maximum Gasteiger partial charge on any atom is 0.227 e. The monoisotopic (exact) mass is 456 g/mol. The van der Waals surface area contributed by atoms with E-state index in [-0.39, 0.29) is 39.3 Å². The third-order valence-electron chi connectivity index (χ3n) is 9.06. The summed E-state index contributed by atoms with van der Waals surface area (Å²) >= 11 is 0. The molecule has 5 heteroatoms. The number of hydrogen-bond acceptors (Lipinski definition) is 5. The minimum atomic E-state index is -0.507. The molecule has 0 aliphatic heterocycles. The molecule has 33 heavy (non-hydrogen) atoms. The molecule has 1 N–H and O–H groups in total. The lowest BCUT2D eigenvalue weighted by atomic mass is 9.46. The Balaban J connectivity index is 1.90. The van der Waals surface area contributed by atoms with Crippen LogP contribution in [0.25, 0.3) is 0 Å². The first-order valence-electron chi connectivity index (χ1n) is 12.4. The summed E-state index contributed by atoms with van der Waals surface area (Å²) in [5.41, 5.74) is 1.52. The van der Waals surface area contributed by atoms with Gasteiger partial charge in [0.05, 0.1) is 7.11 Å². The van der Waals surface area contributed by atoms with Crippen molar-refractivity contribution < 1.29 is 24.2 Å². The van der Waals surface area contributed by atoms with Crippen molar-refractivity contribution in [2.45, 2.75) is 91.9 Å². The molecule has 0 amide bonds. The van der Waals surface area contributed by atoms with Crippen molar-refractivity contribution in [3.05, 3.63) is 34.8 Å². The van der Waals surface area contributed by atoms with Crippen molar-refractivity contribution in [2.24, 2.45) is 22.7 Å². The van der Waals surface area contributed by atoms with Gasteiger partial charge in [-0.2, -0.15) is 0 Å². The SMILES string of the molecule is C=C1CCC[C@H]2[C@](C)(CC3=C(O)C(=O)C(CCCCC(C)=O)=C(OC)C3=O)[C@@H](C)CC[C@]12C. The van der Waals surface area contributed by atoms with E-state index >= 15 is 0 Å². The standard InChI is InChI=1S/C28H40O5/c1-17-10-9-13-22-27(17,4)15-14-18(2)28(22,5)16-21-24(31)23(30)20(26(33-6)25(21)32)12-8-7-11-19(3)29/h18,22,31H,1,7-16H2,2-6H3/t18-,22+,27+,28+/m0/s1. The summed E-state index contributed by atoms with van der Waals surface area (Å²) in [6, 6.07) is 0. The lowest BCUT2D eigenvalue weighted by molar-refractivity contribution is -0.121. The first kappa shape index (κ1) is 25.5. The second-order valence-corrected chi connectivity index (χ2v) is 11.0. The van der Waals surface area contributed by atoms with Crippen LogP contribution in [0, 0.1) is 22.7 Å². The van der Waals surface area contributed by atoms with Crippen LogP contribution < -0.4 is 0 Å². The Bertz CT molecular complexity index is 923. The van der Waals surface area contributed by atoms with Gasteiger partial charge in [-0.1, -0.05) is 32.9 Å². The molecule has 3 aliphatic carbocycles. The van der Waals surface area contributed by atoms with Gasteiger partial charge < -0.3 is 14.6 Å². The minimum absolute atomic E-state index is 0.0270. The summed E-state index contributed by atoms with van der Waals surface area (Å²) < 4.78 is 5.42. The van der Waals surface area contributed by atoms with E-state index in [1.54, 1.807) is 0 Å². The van der Waals surface area contributed by atoms with E-state index in [4.69, 9.17) is 4.74 Å². The number of carbonyl (C=O) groups excluding carboxylic acids is 3. The fraction of sp³-hybridized carbons (Fsp3) is 0.679. The van der Waals surface area contributed by atoms with Crippen molar-refractivity contribution >= 4 is 17.3 Å². The summed E-state index contributed by atoms with van der Waals surface area (Å²) in [5, 5.41) is 10.9. The number of fused-ring (bicyclic) bond motifs is 1. The molecule has 0 heterocycles. The lowest BCUT2D eigenvalue weighted by Gasteiger charge is -2.59.